The monoisotopic (exact) mass is 300 g/mol. The summed E-state index contributed by atoms with van der Waals surface area (Å²) in [4.78, 5) is 16.7. The van der Waals surface area contributed by atoms with Crippen LogP contribution in [0.15, 0.2) is 36.5 Å². The van der Waals surface area contributed by atoms with Gasteiger partial charge in [0.05, 0.1) is 11.2 Å². The van der Waals surface area contributed by atoms with Crippen molar-refractivity contribution in [2.24, 2.45) is 0 Å². The summed E-state index contributed by atoms with van der Waals surface area (Å²) in [7, 11) is 0. The van der Waals surface area contributed by atoms with Gasteiger partial charge in [-0.1, -0.05) is 18.2 Å². The van der Waals surface area contributed by atoms with E-state index in [0.29, 0.717) is 18.4 Å². The first-order valence-electron chi connectivity index (χ1n) is 6.52. The Morgan fingerprint density at radius 2 is 1.86 bits per heavy atom. The van der Waals surface area contributed by atoms with Crippen molar-refractivity contribution in [1.82, 2.24) is 19.9 Å². The molecule has 6 nitrogen and oxygen atoms in total. The molecule has 2 aromatic heterocycles. The molecule has 0 saturated carbocycles. The highest BCUT2D eigenvalue weighted by atomic mass is 35.5. The third-order valence-corrected chi connectivity index (χ3v) is 2.99. The minimum absolute atomic E-state index is 0.136. The van der Waals surface area contributed by atoms with Crippen molar-refractivity contribution in [2.75, 3.05) is 17.2 Å². The van der Waals surface area contributed by atoms with Crippen LogP contribution >= 0.6 is 11.6 Å². The lowest BCUT2D eigenvalue weighted by molar-refractivity contribution is 1.02. The molecular weight excluding hydrogens is 288 g/mol. The van der Waals surface area contributed by atoms with Gasteiger partial charge in [0.1, 0.15) is 0 Å². The molecule has 0 saturated heterocycles. The van der Waals surface area contributed by atoms with E-state index in [9.17, 15) is 0 Å². The molecule has 1 aromatic carbocycles. The number of rotatable bonds is 4. The van der Waals surface area contributed by atoms with Crippen LogP contribution in [-0.2, 0) is 0 Å². The van der Waals surface area contributed by atoms with E-state index >= 15 is 0 Å². The average Bonchev–Trinajstić information content (AvgIpc) is 2.47. The van der Waals surface area contributed by atoms with Crippen molar-refractivity contribution >= 4 is 40.1 Å². The lowest BCUT2D eigenvalue weighted by Crippen LogP contribution is -2.06. The standard InChI is InChI=1S/C14H13ClN6/c1-2-16-13-19-12(15)20-14(21-13)18-10-7-3-5-9-6-4-8-17-11(9)10/h3-8H,2H2,1H3,(H2,16,18,19,20,21). The first kappa shape index (κ1) is 13.5. The number of hydrogen-bond donors (Lipinski definition) is 2. The van der Waals surface area contributed by atoms with Crippen LogP contribution in [0.3, 0.4) is 0 Å². The number of hydrogen-bond acceptors (Lipinski definition) is 6. The number of fused-ring (bicyclic) bond motifs is 1. The summed E-state index contributed by atoms with van der Waals surface area (Å²) in [5.74, 6) is 0.817. The van der Waals surface area contributed by atoms with E-state index in [-0.39, 0.29) is 5.28 Å². The molecule has 21 heavy (non-hydrogen) atoms. The predicted molar refractivity (Wildman–Crippen MR) is 84.0 cm³/mol. The number of anilines is 3. The van der Waals surface area contributed by atoms with Gasteiger partial charge in [0.15, 0.2) is 0 Å². The minimum Gasteiger partial charge on any atom is -0.354 e. The first-order chi connectivity index (χ1) is 10.3. The molecule has 0 fully saturated rings. The summed E-state index contributed by atoms with van der Waals surface area (Å²) in [6.45, 7) is 2.66. The second kappa shape index (κ2) is 5.88. The van der Waals surface area contributed by atoms with Crippen LogP contribution in [0.4, 0.5) is 17.6 Å². The van der Waals surface area contributed by atoms with Crippen molar-refractivity contribution in [3.05, 3.63) is 41.8 Å². The van der Waals surface area contributed by atoms with Crippen LogP contribution in [0.25, 0.3) is 10.9 Å². The number of pyridine rings is 1. The Balaban J connectivity index is 1.98. The van der Waals surface area contributed by atoms with Gasteiger partial charge in [0, 0.05) is 18.1 Å². The van der Waals surface area contributed by atoms with E-state index in [2.05, 4.69) is 30.6 Å². The molecule has 2 heterocycles. The molecule has 3 rings (SSSR count). The Hall–Kier alpha value is -2.47. The van der Waals surface area contributed by atoms with E-state index in [1.807, 2.05) is 37.3 Å². The van der Waals surface area contributed by atoms with Gasteiger partial charge in [-0.05, 0) is 30.7 Å². The summed E-state index contributed by atoms with van der Waals surface area (Å²) in [5, 5.41) is 7.32. The molecule has 0 aliphatic heterocycles. The topological polar surface area (TPSA) is 75.6 Å². The van der Waals surface area contributed by atoms with Gasteiger partial charge in [-0.2, -0.15) is 15.0 Å². The maximum Gasteiger partial charge on any atom is 0.233 e. The van der Waals surface area contributed by atoms with Gasteiger partial charge >= 0.3 is 0 Å². The summed E-state index contributed by atoms with van der Waals surface area (Å²) in [5.41, 5.74) is 1.67. The van der Waals surface area contributed by atoms with E-state index in [4.69, 9.17) is 11.6 Å². The van der Waals surface area contributed by atoms with Gasteiger partial charge < -0.3 is 10.6 Å². The fourth-order valence-corrected chi connectivity index (χ4v) is 2.13. The van der Waals surface area contributed by atoms with Crippen molar-refractivity contribution in [3.63, 3.8) is 0 Å². The van der Waals surface area contributed by atoms with Gasteiger partial charge in [0.25, 0.3) is 0 Å². The molecule has 3 aromatic rings. The Bertz CT molecular complexity index is 771. The summed E-state index contributed by atoms with van der Waals surface area (Å²) >= 11 is 5.91. The molecule has 0 atom stereocenters. The van der Waals surface area contributed by atoms with Crippen LogP contribution in [-0.4, -0.2) is 26.5 Å². The molecule has 0 aliphatic rings. The van der Waals surface area contributed by atoms with Gasteiger partial charge in [-0.15, -0.1) is 0 Å². The maximum absolute atomic E-state index is 5.91. The summed E-state index contributed by atoms with van der Waals surface area (Å²) < 4.78 is 0. The Morgan fingerprint density at radius 1 is 1.05 bits per heavy atom. The Morgan fingerprint density at radius 3 is 2.71 bits per heavy atom. The number of nitrogens with zero attached hydrogens (tertiary/aromatic N) is 4. The third-order valence-electron chi connectivity index (χ3n) is 2.82. The first-order valence-corrected chi connectivity index (χ1v) is 6.90. The summed E-state index contributed by atoms with van der Waals surface area (Å²) in [6.07, 6.45) is 1.75. The maximum atomic E-state index is 5.91. The number of aromatic nitrogens is 4. The molecule has 2 N–H and O–H groups in total. The second-order valence-electron chi connectivity index (χ2n) is 4.29. The SMILES string of the molecule is CCNc1nc(Cl)nc(Nc2cccc3cccnc23)n1. The van der Waals surface area contributed by atoms with E-state index in [1.54, 1.807) is 6.20 Å². The number of para-hydroxylation sites is 1. The van der Waals surface area contributed by atoms with E-state index in [1.165, 1.54) is 0 Å². The van der Waals surface area contributed by atoms with Crippen molar-refractivity contribution < 1.29 is 0 Å². The van der Waals surface area contributed by atoms with Crippen LogP contribution in [0.5, 0.6) is 0 Å². The molecule has 7 heteroatoms. The van der Waals surface area contributed by atoms with Crippen LogP contribution in [0, 0.1) is 0 Å². The highest BCUT2D eigenvalue weighted by Gasteiger charge is 2.07. The van der Waals surface area contributed by atoms with E-state index in [0.717, 1.165) is 16.6 Å². The fraction of sp³-hybridized carbons (Fsp3) is 0.143. The minimum atomic E-state index is 0.136. The van der Waals surface area contributed by atoms with Crippen molar-refractivity contribution in [2.45, 2.75) is 6.92 Å². The molecule has 0 aliphatic carbocycles. The molecule has 106 valence electrons. The molecule has 0 unspecified atom stereocenters. The van der Waals surface area contributed by atoms with E-state index < -0.39 is 0 Å². The quantitative estimate of drug-likeness (QED) is 0.770. The largest absolute Gasteiger partial charge is 0.354 e. The third kappa shape index (κ3) is 3.00. The molecule has 0 amide bonds. The van der Waals surface area contributed by atoms with Crippen molar-refractivity contribution in [3.8, 4) is 0 Å². The summed E-state index contributed by atoms with van der Waals surface area (Å²) in [6, 6.07) is 9.76. The normalized spacial score (nSPS) is 10.6. The second-order valence-corrected chi connectivity index (χ2v) is 4.63. The predicted octanol–water partition coefficient (Wildman–Crippen LogP) is 3.25. The smallest absolute Gasteiger partial charge is 0.233 e. The lowest BCUT2D eigenvalue weighted by Gasteiger charge is -2.09. The molecule has 0 bridgehead atoms. The Kier molecular flexibility index (Phi) is 3.79. The van der Waals surface area contributed by atoms with Gasteiger partial charge in [-0.3, -0.25) is 4.98 Å². The number of benzene rings is 1. The zero-order valence-electron chi connectivity index (χ0n) is 11.3. The van der Waals surface area contributed by atoms with Gasteiger partial charge in [-0.25, -0.2) is 0 Å². The van der Waals surface area contributed by atoms with Crippen LogP contribution in [0.2, 0.25) is 5.28 Å². The highest BCUT2D eigenvalue weighted by Crippen LogP contribution is 2.23. The zero-order chi connectivity index (χ0) is 14.7. The Labute approximate surface area is 126 Å². The molecule has 0 spiro atoms. The molecule has 0 radical (unpaired) electrons. The van der Waals surface area contributed by atoms with Crippen LogP contribution < -0.4 is 10.6 Å². The van der Waals surface area contributed by atoms with Crippen LogP contribution in [0.1, 0.15) is 6.92 Å². The zero-order valence-corrected chi connectivity index (χ0v) is 12.1. The number of nitrogens with one attached hydrogen (secondary N) is 2. The fourth-order valence-electron chi connectivity index (χ4n) is 1.97. The number of halogens is 1. The van der Waals surface area contributed by atoms with Crippen molar-refractivity contribution in [1.29, 1.82) is 0 Å². The average molecular weight is 301 g/mol. The highest BCUT2D eigenvalue weighted by molar-refractivity contribution is 6.28. The van der Waals surface area contributed by atoms with Gasteiger partial charge in [0.2, 0.25) is 17.2 Å². The lowest BCUT2D eigenvalue weighted by atomic mass is 10.2. The molecular formula is C14H13ClN6.